The van der Waals surface area contributed by atoms with Gasteiger partial charge in [-0.1, -0.05) is 17.7 Å². The number of carbonyl (C=O) groups excluding carboxylic acids is 1. The van der Waals surface area contributed by atoms with Gasteiger partial charge >= 0.3 is 0 Å². The Morgan fingerprint density at radius 1 is 1.04 bits per heavy atom. The van der Waals surface area contributed by atoms with Crippen LogP contribution in [0.3, 0.4) is 0 Å². The number of anilines is 1. The van der Waals surface area contributed by atoms with Crippen molar-refractivity contribution in [2.24, 2.45) is 0 Å². The average Bonchev–Trinajstić information content (AvgIpc) is 2.59. The van der Waals surface area contributed by atoms with Gasteiger partial charge in [0.2, 0.25) is 5.95 Å². The Morgan fingerprint density at radius 2 is 1.72 bits per heavy atom. The van der Waals surface area contributed by atoms with Gasteiger partial charge < -0.3 is 9.80 Å². The summed E-state index contributed by atoms with van der Waals surface area (Å²) in [6.07, 6.45) is 3.40. The number of nitrogens with zero attached hydrogens (tertiary/aromatic N) is 5. The Morgan fingerprint density at radius 3 is 2.32 bits per heavy atom. The van der Waals surface area contributed by atoms with Gasteiger partial charge in [0.1, 0.15) is 0 Å². The van der Waals surface area contributed by atoms with Crippen LogP contribution in [0.5, 0.6) is 0 Å². The smallest absolute Gasteiger partial charge is 0.254 e. The SMILES string of the molecule is CN(C)C(=O)c1cc(-c2cnc(N(C)C)nc2)nc2cc(Cl)ccc12. The van der Waals surface area contributed by atoms with Gasteiger partial charge in [0.15, 0.2) is 0 Å². The van der Waals surface area contributed by atoms with Crippen molar-refractivity contribution in [3.8, 4) is 11.3 Å². The highest BCUT2D eigenvalue weighted by molar-refractivity contribution is 6.31. The number of benzene rings is 1. The number of hydrogen-bond acceptors (Lipinski definition) is 5. The molecule has 1 aromatic carbocycles. The number of pyridine rings is 1. The number of halogens is 1. The van der Waals surface area contributed by atoms with Gasteiger partial charge in [-0.05, 0) is 18.2 Å². The van der Waals surface area contributed by atoms with Gasteiger partial charge in [-0.3, -0.25) is 4.79 Å². The summed E-state index contributed by atoms with van der Waals surface area (Å²) < 4.78 is 0. The molecule has 0 aliphatic heterocycles. The van der Waals surface area contributed by atoms with Crippen molar-refractivity contribution >= 4 is 34.4 Å². The summed E-state index contributed by atoms with van der Waals surface area (Å²) in [6, 6.07) is 7.10. The van der Waals surface area contributed by atoms with Crippen LogP contribution in [0.2, 0.25) is 5.02 Å². The van der Waals surface area contributed by atoms with Gasteiger partial charge in [0.05, 0.1) is 16.8 Å². The maximum Gasteiger partial charge on any atom is 0.254 e. The summed E-state index contributed by atoms with van der Waals surface area (Å²) in [5, 5.41) is 1.33. The monoisotopic (exact) mass is 355 g/mol. The second kappa shape index (κ2) is 6.64. The van der Waals surface area contributed by atoms with E-state index in [0.29, 0.717) is 27.7 Å². The van der Waals surface area contributed by atoms with Crippen LogP contribution in [0.25, 0.3) is 22.2 Å². The van der Waals surface area contributed by atoms with Gasteiger partial charge in [0.25, 0.3) is 5.91 Å². The van der Waals surface area contributed by atoms with E-state index < -0.39 is 0 Å². The van der Waals surface area contributed by atoms with Crippen molar-refractivity contribution in [1.82, 2.24) is 19.9 Å². The van der Waals surface area contributed by atoms with E-state index in [-0.39, 0.29) is 5.91 Å². The number of hydrogen-bond donors (Lipinski definition) is 0. The Bertz CT molecular complexity index is 938. The first-order chi connectivity index (χ1) is 11.9. The van der Waals surface area contributed by atoms with E-state index in [1.807, 2.05) is 25.1 Å². The van der Waals surface area contributed by atoms with E-state index >= 15 is 0 Å². The average molecular weight is 356 g/mol. The fraction of sp³-hybridized carbons (Fsp3) is 0.222. The zero-order chi connectivity index (χ0) is 18.1. The van der Waals surface area contributed by atoms with E-state index in [4.69, 9.17) is 11.6 Å². The van der Waals surface area contributed by atoms with Crippen molar-refractivity contribution < 1.29 is 4.79 Å². The van der Waals surface area contributed by atoms with Crippen molar-refractivity contribution in [3.63, 3.8) is 0 Å². The third-order valence-electron chi connectivity index (χ3n) is 3.74. The maximum atomic E-state index is 12.6. The summed E-state index contributed by atoms with van der Waals surface area (Å²) in [6.45, 7) is 0. The molecule has 0 saturated carbocycles. The Hall–Kier alpha value is -2.73. The predicted molar refractivity (Wildman–Crippen MR) is 100 cm³/mol. The molecule has 0 fully saturated rings. The van der Waals surface area contributed by atoms with Crippen LogP contribution in [0, 0.1) is 0 Å². The number of carbonyl (C=O) groups is 1. The maximum absolute atomic E-state index is 12.6. The molecule has 0 atom stereocenters. The van der Waals surface area contributed by atoms with E-state index in [0.717, 1.165) is 10.9 Å². The molecule has 0 radical (unpaired) electrons. The molecule has 0 N–H and O–H groups in total. The Labute approximate surface area is 151 Å². The highest BCUT2D eigenvalue weighted by Gasteiger charge is 2.16. The zero-order valence-corrected chi connectivity index (χ0v) is 15.2. The molecule has 128 valence electrons. The molecule has 0 aliphatic carbocycles. The molecule has 2 aromatic heterocycles. The Balaban J connectivity index is 2.20. The second-order valence-corrected chi connectivity index (χ2v) is 6.52. The molecule has 0 saturated heterocycles. The number of fused-ring (bicyclic) bond motifs is 1. The van der Waals surface area contributed by atoms with Crippen LogP contribution in [-0.2, 0) is 0 Å². The summed E-state index contributed by atoms with van der Waals surface area (Å²) in [4.78, 5) is 29.2. The first kappa shape index (κ1) is 17.1. The number of rotatable bonds is 3. The fourth-order valence-corrected chi connectivity index (χ4v) is 2.62. The van der Waals surface area contributed by atoms with Crippen LogP contribution >= 0.6 is 11.6 Å². The quantitative estimate of drug-likeness (QED) is 0.722. The summed E-state index contributed by atoms with van der Waals surface area (Å²) in [5.41, 5.74) is 2.59. The van der Waals surface area contributed by atoms with E-state index in [2.05, 4.69) is 15.0 Å². The third kappa shape index (κ3) is 3.39. The van der Waals surface area contributed by atoms with Crippen LogP contribution in [0.4, 0.5) is 5.95 Å². The minimum atomic E-state index is -0.0956. The largest absolute Gasteiger partial charge is 0.347 e. The first-order valence-corrected chi connectivity index (χ1v) is 8.06. The molecule has 0 bridgehead atoms. The summed E-state index contributed by atoms with van der Waals surface area (Å²) in [7, 11) is 7.19. The molecule has 2 heterocycles. The van der Waals surface area contributed by atoms with Gasteiger partial charge in [0, 0.05) is 56.6 Å². The molecule has 0 aliphatic rings. The van der Waals surface area contributed by atoms with Crippen molar-refractivity contribution in [1.29, 1.82) is 0 Å². The van der Waals surface area contributed by atoms with E-state index in [9.17, 15) is 4.79 Å². The second-order valence-electron chi connectivity index (χ2n) is 6.08. The van der Waals surface area contributed by atoms with Crippen molar-refractivity contribution in [2.75, 3.05) is 33.1 Å². The fourth-order valence-electron chi connectivity index (χ4n) is 2.45. The molecular formula is C18H18ClN5O. The van der Waals surface area contributed by atoms with Crippen LogP contribution in [-0.4, -0.2) is 53.9 Å². The van der Waals surface area contributed by atoms with Crippen molar-refractivity contribution in [2.45, 2.75) is 0 Å². The lowest BCUT2D eigenvalue weighted by atomic mass is 10.0. The molecular weight excluding hydrogens is 338 g/mol. The van der Waals surface area contributed by atoms with Crippen LogP contribution < -0.4 is 4.90 Å². The van der Waals surface area contributed by atoms with Gasteiger partial charge in [-0.15, -0.1) is 0 Å². The molecule has 1 amide bonds. The van der Waals surface area contributed by atoms with Crippen molar-refractivity contribution in [3.05, 3.63) is 47.2 Å². The van der Waals surface area contributed by atoms with Gasteiger partial charge in [-0.2, -0.15) is 0 Å². The zero-order valence-electron chi connectivity index (χ0n) is 14.5. The normalized spacial score (nSPS) is 10.8. The summed E-state index contributed by atoms with van der Waals surface area (Å²) in [5.74, 6) is 0.513. The Kier molecular flexibility index (Phi) is 4.55. The molecule has 0 unspecified atom stereocenters. The first-order valence-electron chi connectivity index (χ1n) is 7.68. The number of aromatic nitrogens is 3. The molecule has 3 rings (SSSR count). The molecule has 7 heteroatoms. The topological polar surface area (TPSA) is 62.2 Å². The van der Waals surface area contributed by atoms with Crippen LogP contribution in [0.1, 0.15) is 10.4 Å². The molecule has 3 aromatic rings. The lowest BCUT2D eigenvalue weighted by molar-refractivity contribution is 0.0829. The minimum absolute atomic E-state index is 0.0956. The molecule has 25 heavy (non-hydrogen) atoms. The standard InChI is InChI=1S/C18H18ClN5O/c1-23(2)17(25)14-8-15(11-9-20-18(21-10-11)24(3)4)22-16-7-12(19)5-6-13(14)16/h5-10H,1-4H3. The van der Waals surface area contributed by atoms with E-state index in [1.165, 1.54) is 0 Å². The molecule has 0 spiro atoms. The molecule has 6 nitrogen and oxygen atoms in total. The third-order valence-corrected chi connectivity index (χ3v) is 3.98. The lowest BCUT2D eigenvalue weighted by Gasteiger charge is -2.14. The summed E-state index contributed by atoms with van der Waals surface area (Å²) >= 11 is 6.10. The van der Waals surface area contributed by atoms with E-state index in [1.54, 1.807) is 49.6 Å². The highest BCUT2D eigenvalue weighted by Crippen LogP contribution is 2.27. The highest BCUT2D eigenvalue weighted by atomic mass is 35.5. The lowest BCUT2D eigenvalue weighted by Crippen LogP contribution is -2.22. The van der Waals surface area contributed by atoms with Gasteiger partial charge in [-0.25, -0.2) is 15.0 Å². The number of amides is 1. The van der Waals surface area contributed by atoms with Crippen LogP contribution in [0.15, 0.2) is 36.7 Å². The predicted octanol–water partition coefficient (Wildman–Crippen LogP) is 3.11. The minimum Gasteiger partial charge on any atom is -0.347 e.